The Hall–Kier alpha value is -6.92. The molecule has 3 aromatic heterocycles. The van der Waals surface area contributed by atoms with Crippen molar-refractivity contribution in [1.82, 2.24) is 19.9 Å². The van der Waals surface area contributed by atoms with Crippen LogP contribution in [0.25, 0.3) is 101 Å². The molecule has 0 N–H and O–H groups in total. The summed E-state index contributed by atoms with van der Waals surface area (Å²) < 4.78 is 12.7. The van der Waals surface area contributed by atoms with Crippen LogP contribution in [0.5, 0.6) is 0 Å². The normalized spacial score (nSPS) is 11.6. The first-order valence-corrected chi connectivity index (χ1v) is 16.5. The Bertz CT molecular complexity index is 2800. The van der Waals surface area contributed by atoms with Gasteiger partial charge < -0.3 is 8.83 Å². The number of nitrogens with zero attached hydrogens (tertiary/aromatic N) is 4. The molecule has 0 saturated heterocycles. The SMILES string of the molecule is c1ccc(-c2nc(-c3ccccc3)nc(-c3ccc(-c4ccc(-c5nc6ccc7c8ccccc8oc7c6o5)c5ccccc45)cc3)n2)cc1. The third kappa shape index (κ3) is 4.65. The van der Waals surface area contributed by atoms with Crippen LogP contribution < -0.4 is 0 Å². The van der Waals surface area contributed by atoms with Crippen molar-refractivity contribution in [2.24, 2.45) is 0 Å². The van der Waals surface area contributed by atoms with E-state index in [1.165, 1.54) is 0 Å². The van der Waals surface area contributed by atoms with Crippen molar-refractivity contribution in [1.29, 1.82) is 0 Å². The van der Waals surface area contributed by atoms with Crippen molar-refractivity contribution in [3.05, 3.63) is 158 Å². The second-order valence-electron chi connectivity index (χ2n) is 12.2. The van der Waals surface area contributed by atoms with Crippen LogP contribution in [0.3, 0.4) is 0 Å². The largest absolute Gasteiger partial charge is 0.452 e. The molecule has 0 aliphatic carbocycles. The average molecular weight is 643 g/mol. The third-order valence-electron chi connectivity index (χ3n) is 9.21. The molecule has 6 heteroatoms. The van der Waals surface area contributed by atoms with Crippen molar-refractivity contribution in [3.8, 4) is 56.7 Å². The monoisotopic (exact) mass is 642 g/mol. The summed E-state index contributed by atoms with van der Waals surface area (Å²) in [4.78, 5) is 19.5. The molecule has 10 rings (SSSR count). The van der Waals surface area contributed by atoms with Gasteiger partial charge in [-0.15, -0.1) is 0 Å². The number of para-hydroxylation sites is 1. The zero-order valence-electron chi connectivity index (χ0n) is 26.6. The molecule has 7 aromatic carbocycles. The van der Waals surface area contributed by atoms with Crippen molar-refractivity contribution >= 4 is 43.8 Å². The zero-order valence-corrected chi connectivity index (χ0v) is 26.6. The topological polar surface area (TPSA) is 77.8 Å². The lowest BCUT2D eigenvalue weighted by molar-refractivity contribution is 0.604. The molecule has 10 aromatic rings. The van der Waals surface area contributed by atoms with E-state index in [-0.39, 0.29) is 0 Å². The molecule has 0 amide bonds. The fourth-order valence-electron chi connectivity index (χ4n) is 6.76. The minimum absolute atomic E-state index is 0.560. The second-order valence-corrected chi connectivity index (χ2v) is 12.2. The van der Waals surface area contributed by atoms with Crippen LogP contribution in [-0.2, 0) is 0 Å². The van der Waals surface area contributed by atoms with Crippen LogP contribution in [-0.4, -0.2) is 19.9 Å². The van der Waals surface area contributed by atoms with E-state index in [0.29, 0.717) is 34.5 Å². The number of benzene rings is 7. The Morgan fingerprint density at radius 2 is 0.840 bits per heavy atom. The van der Waals surface area contributed by atoms with Gasteiger partial charge in [-0.05, 0) is 46.2 Å². The van der Waals surface area contributed by atoms with Gasteiger partial charge in [0.15, 0.2) is 28.6 Å². The number of hydrogen-bond acceptors (Lipinski definition) is 6. The van der Waals surface area contributed by atoms with E-state index >= 15 is 0 Å². The molecule has 3 heterocycles. The molecule has 0 radical (unpaired) electrons. The molecule has 0 atom stereocenters. The summed E-state index contributed by atoms with van der Waals surface area (Å²) >= 11 is 0. The maximum Gasteiger partial charge on any atom is 0.228 e. The van der Waals surface area contributed by atoms with Crippen LogP contribution in [0.15, 0.2) is 167 Å². The average Bonchev–Trinajstić information content (AvgIpc) is 3.80. The summed E-state index contributed by atoms with van der Waals surface area (Å²) in [5.74, 6) is 2.46. The van der Waals surface area contributed by atoms with Crippen LogP contribution in [0.4, 0.5) is 0 Å². The van der Waals surface area contributed by atoms with Crippen molar-refractivity contribution < 1.29 is 8.83 Å². The highest BCUT2D eigenvalue weighted by molar-refractivity contribution is 6.13. The van der Waals surface area contributed by atoms with Gasteiger partial charge in [-0.1, -0.05) is 133 Å². The number of oxazole rings is 1. The Morgan fingerprint density at radius 3 is 1.50 bits per heavy atom. The molecule has 0 fully saturated rings. The van der Waals surface area contributed by atoms with Gasteiger partial charge in [0, 0.05) is 33.0 Å². The first-order valence-electron chi connectivity index (χ1n) is 16.5. The fraction of sp³-hybridized carbons (Fsp3) is 0. The number of rotatable bonds is 5. The maximum absolute atomic E-state index is 6.47. The molecule has 0 spiro atoms. The highest BCUT2D eigenvalue weighted by Crippen LogP contribution is 2.40. The van der Waals surface area contributed by atoms with Gasteiger partial charge in [0.2, 0.25) is 5.89 Å². The molecular weight excluding hydrogens is 617 g/mol. The van der Waals surface area contributed by atoms with E-state index in [0.717, 1.165) is 66.0 Å². The molecule has 0 bridgehead atoms. The van der Waals surface area contributed by atoms with E-state index in [1.807, 2.05) is 91.0 Å². The molecular formula is C44H26N4O2. The summed E-state index contributed by atoms with van der Waals surface area (Å²) in [6.45, 7) is 0. The Morgan fingerprint density at radius 1 is 0.320 bits per heavy atom. The van der Waals surface area contributed by atoms with Gasteiger partial charge >= 0.3 is 0 Å². The molecule has 0 aliphatic rings. The summed E-state index contributed by atoms with van der Waals surface area (Å²) in [6.07, 6.45) is 0. The molecule has 234 valence electrons. The lowest BCUT2D eigenvalue weighted by Crippen LogP contribution is -2.00. The number of hydrogen-bond donors (Lipinski definition) is 0. The van der Waals surface area contributed by atoms with E-state index < -0.39 is 0 Å². The summed E-state index contributed by atoms with van der Waals surface area (Å²) in [5, 5.41) is 4.24. The van der Waals surface area contributed by atoms with Crippen LogP contribution in [0.2, 0.25) is 0 Å². The van der Waals surface area contributed by atoms with Gasteiger partial charge in [0.25, 0.3) is 0 Å². The molecule has 0 aliphatic heterocycles. The second kappa shape index (κ2) is 11.4. The fourth-order valence-corrected chi connectivity index (χ4v) is 6.76. The van der Waals surface area contributed by atoms with Crippen LogP contribution in [0.1, 0.15) is 0 Å². The quantitative estimate of drug-likeness (QED) is 0.186. The molecule has 6 nitrogen and oxygen atoms in total. The third-order valence-corrected chi connectivity index (χ3v) is 9.21. The minimum Gasteiger partial charge on any atom is -0.452 e. The van der Waals surface area contributed by atoms with Gasteiger partial charge in [0.05, 0.1) is 0 Å². The van der Waals surface area contributed by atoms with E-state index in [1.54, 1.807) is 0 Å². The number of aromatic nitrogens is 4. The summed E-state index contributed by atoms with van der Waals surface area (Å²) in [5.41, 5.74) is 8.88. The molecule has 0 unspecified atom stereocenters. The van der Waals surface area contributed by atoms with E-state index in [4.69, 9.17) is 28.8 Å². The predicted molar refractivity (Wildman–Crippen MR) is 199 cm³/mol. The lowest BCUT2D eigenvalue weighted by Gasteiger charge is -2.11. The molecule has 0 saturated carbocycles. The van der Waals surface area contributed by atoms with E-state index in [2.05, 4.69) is 66.7 Å². The van der Waals surface area contributed by atoms with Crippen molar-refractivity contribution in [2.45, 2.75) is 0 Å². The van der Waals surface area contributed by atoms with Crippen molar-refractivity contribution in [2.75, 3.05) is 0 Å². The highest BCUT2D eigenvalue weighted by Gasteiger charge is 2.19. The number of furan rings is 1. The van der Waals surface area contributed by atoms with E-state index in [9.17, 15) is 0 Å². The smallest absolute Gasteiger partial charge is 0.228 e. The Balaban J connectivity index is 1.05. The highest BCUT2D eigenvalue weighted by atomic mass is 16.4. The minimum atomic E-state index is 0.560. The first-order chi connectivity index (χ1) is 24.8. The van der Waals surface area contributed by atoms with Crippen LogP contribution >= 0.6 is 0 Å². The summed E-state index contributed by atoms with van der Waals surface area (Å²) in [7, 11) is 0. The maximum atomic E-state index is 6.47. The Kier molecular flexibility index (Phi) is 6.39. The van der Waals surface area contributed by atoms with Gasteiger partial charge in [-0.2, -0.15) is 0 Å². The first kappa shape index (κ1) is 28.1. The van der Waals surface area contributed by atoms with Crippen LogP contribution in [0, 0.1) is 0 Å². The Labute approximate surface area is 286 Å². The van der Waals surface area contributed by atoms with Gasteiger partial charge in [0.1, 0.15) is 11.1 Å². The summed E-state index contributed by atoms with van der Waals surface area (Å²) in [6, 6.07) is 53.2. The molecule has 50 heavy (non-hydrogen) atoms. The van der Waals surface area contributed by atoms with Crippen molar-refractivity contribution in [3.63, 3.8) is 0 Å². The van der Waals surface area contributed by atoms with Gasteiger partial charge in [-0.25, -0.2) is 19.9 Å². The predicted octanol–water partition coefficient (Wildman–Crippen LogP) is 11.4. The zero-order chi connectivity index (χ0) is 33.0. The standard InChI is InChI=1S/C44H26N4O2/c1-3-11-28(12-4-1)41-46-42(29-13-5-2-6-14-29)48-43(47-41)30-21-19-27(20-22-30)31-23-24-36(33-16-8-7-15-32(31)33)44-45-37-26-25-35-34-17-9-10-18-38(34)49-39(35)40(37)50-44/h1-26H. The lowest BCUT2D eigenvalue weighted by atomic mass is 9.94. The van der Waals surface area contributed by atoms with Gasteiger partial charge in [-0.3, -0.25) is 0 Å². The number of fused-ring (bicyclic) bond motifs is 6.